The molecule has 1 unspecified atom stereocenters. The average molecular weight is 228 g/mol. The standard InChI is InChI=1S/C13H12N2O2/c1-2-5-9(8-14)15-12(16)10-6-3-4-7-11(10)13(15)17/h3-4,6-7,9H,2,5H2,1H3. The van der Waals surface area contributed by atoms with Crippen LogP contribution in [-0.2, 0) is 0 Å². The Labute approximate surface area is 99.5 Å². The molecule has 1 aromatic rings. The van der Waals surface area contributed by atoms with Gasteiger partial charge >= 0.3 is 0 Å². The third-order valence-electron chi connectivity index (χ3n) is 2.85. The number of imide groups is 1. The van der Waals surface area contributed by atoms with Crippen LogP contribution in [0.25, 0.3) is 0 Å². The molecule has 1 atom stereocenters. The molecule has 2 rings (SSSR count). The average Bonchev–Trinajstić information content (AvgIpc) is 2.61. The van der Waals surface area contributed by atoms with Gasteiger partial charge in [-0.15, -0.1) is 0 Å². The highest BCUT2D eigenvalue weighted by atomic mass is 16.2. The molecule has 1 aliphatic rings. The van der Waals surface area contributed by atoms with Crippen molar-refractivity contribution in [3.05, 3.63) is 35.4 Å². The molecule has 0 saturated heterocycles. The Morgan fingerprint density at radius 2 is 1.76 bits per heavy atom. The minimum atomic E-state index is -0.660. The van der Waals surface area contributed by atoms with Crippen molar-refractivity contribution in [2.24, 2.45) is 0 Å². The summed E-state index contributed by atoms with van der Waals surface area (Å²) in [7, 11) is 0. The van der Waals surface area contributed by atoms with Gasteiger partial charge in [0, 0.05) is 0 Å². The van der Waals surface area contributed by atoms with Crippen LogP contribution in [0.1, 0.15) is 40.5 Å². The van der Waals surface area contributed by atoms with Crippen LogP contribution in [0.5, 0.6) is 0 Å². The molecule has 86 valence electrons. The molecule has 0 bridgehead atoms. The second-order valence-corrected chi connectivity index (χ2v) is 3.96. The van der Waals surface area contributed by atoms with Gasteiger partial charge in [0.15, 0.2) is 0 Å². The van der Waals surface area contributed by atoms with E-state index in [9.17, 15) is 9.59 Å². The molecule has 17 heavy (non-hydrogen) atoms. The van der Waals surface area contributed by atoms with E-state index in [0.717, 1.165) is 11.3 Å². The molecule has 1 aliphatic heterocycles. The second-order valence-electron chi connectivity index (χ2n) is 3.96. The van der Waals surface area contributed by atoms with E-state index >= 15 is 0 Å². The number of amides is 2. The molecule has 1 heterocycles. The van der Waals surface area contributed by atoms with Gasteiger partial charge in [-0.25, -0.2) is 0 Å². The smallest absolute Gasteiger partial charge is 0.262 e. The highest BCUT2D eigenvalue weighted by Gasteiger charge is 2.39. The van der Waals surface area contributed by atoms with Crippen molar-refractivity contribution < 1.29 is 9.59 Å². The van der Waals surface area contributed by atoms with Crippen LogP contribution in [-0.4, -0.2) is 22.8 Å². The molecule has 0 aliphatic carbocycles. The fourth-order valence-electron chi connectivity index (χ4n) is 2.02. The van der Waals surface area contributed by atoms with Crippen molar-refractivity contribution in [2.45, 2.75) is 25.8 Å². The summed E-state index contributed by atoms with van der Waals surface area (Å²) >= 11 is 0. The van der Waals surface area contributed by atoms with E-state index in [-0.39, 0.29) is 11.8 Å². The molecule has 0 N–H and O–H groups in total. The lowest BCUT2D eigenvalue weighted by molar-refractivity contribution is 0.0613. The van der Waals surface area contributed by atoms with Gasteiger partial charge in [-0.2, -0.15) is 5.26 Å². The highest BCUT2D eigenvalue weighted by Crippen LogP contribution is 2.25. The predicted octanol–water partition coefficient (Wildman–Crippen LogP) is 1.97. The number of carbonyl (C=O) groups excluding carboxylic acids is 2. The van der Waals surface area contributed by atoms with Crippen LogP contribution >= 0.6 is 0 Å². The topological polar surface area (TPSA) is 61.2 Å². The van der Waals surface area contributed by atoms with Gasteiger partial charge < -0.3 is 0 Å². The number of benzene rings is 1. The molecule has 0 spiro atoms. The molecule has 1 aromatic carbocycles. The van der Waals surface area contributed by atoms with E-state index in [2.05, 4.69) is 0 Å². The van der Waals surface area contributed by atoms with Crippen molar-refractivity contribution in [3.8, 4) is 6.07 Å². The summed E-state index contributed by atoms with van der Waals surface area (Å²) in [5.41, 5.74) is 0.794. The van der Waals surface area contributed by atoms with Crippen molar-refractivity contribution in [2.75, 3.05) is 0 Å². The van der Waals surface area contributed by atoms with Crippen molar-refractivity contribution in [1.82, 2.24) is 4.90 Å². The maximum Gasteiger partial charge on any atom is 0.262 e. The summed E-state index contributed by atoms with van der Waals surface area (Å²) in [5, 5.41) is 9.04. The molecule has 0 saturated carbocycles. The lowest BCUT2D eigenvalue weighted by Crippen LogP contribution is -2.38. The van der Waals surface area contributed by atoms with Gasteiger partial charge in [-0.05, 0) is 18.6 Å². The van der Waals surface area contributed by atoms with Gasteiger partial charge in [0.1, 0.15) is 6.04 Å². The summed E-state index contributed by atoms with van der Waals surface area (Å²) in [6, 6.07) is 8.04. The van der Waals surface area contributed by atoms with Crippen molar-refractivity contribution >= 4 is 11.8 Å². The predicted molar refractivity (Wildman–Crippen MR) is 61.3 cm³/mol. The van der Waals surface area contributed by atoms with Crippen LogP contribution in [0.3, 0.4) is 0 Å². The van der Waals surface area contributed by atoms with Crippen LogP contribution in [0.15, 0.2) is 24.3 Å². The second kappa shape index (κ2) is 4.38. The normalized spacial score (nSPS) is 15.6. The van der Waals surface area contributed by atoms with Crippen LogP contribution in [0, 0.1) is 11.3 Å². The van der Waals surface area contributed by atoms with E-state index in [1.165, 1.54) is 0 Å². The Kier molecular flexibility index (Phi) is 2.92. The largest absolute Gasteiger partial charge is 0.269 e. The first-order chi connectivity index (χ1) is 8.20. The summed E-state index contributed by atoms with van der Waals surface area (Å²) < 4.78 is 0. The molecular weight excluding hydrogens is 216 g/mol. The van der Waals surface area contributed by atoms with Gasteiger partial charge in [-0.1, -0.05) is 25.5 Å². The summed E-state index contributed by atoms with van der Waals surface area (Å²) in [6.45, 7) is 1.92. The van der Waals surface area contributed by atoms with Crippen molar-refractivity contribution in [1.29, 1.82) is 5.26 Å². The Morgan fingerprint density at radius 1 is 1.24 bits per heavy atom. The first kappa shape index (κ1) is 11.3. The number of fused-ring (bicyclic) bond motifs is 1. The fourth-order valence-corrected chi connectivity index (χ4v) is 2.02. The quantitative estimate of drug-likeness (QED) is 0.743. The minimum Gasteiger partial charge on any atom is -0.269 e. The van der Waals surface area contributed by atoms with E-state index in [0.29, 0.717) is 17.5 Å². The van der Waals surface area contributed by atoms with Crippen molar-refractivity contribution in [3.63, 3.8) is 0 Å². The highest BCUT2D eigenvalue weighted by molar-refractivity contribution is 6.21. The fraction of sp³-hybridized carbons (Fsp3) is 0.308. The van der Waals surface area contributed by atoms with Gasteiger partial charge in [0.2, 0.25) is 0 Å². The SMILES string of the molecule is CCCC(C#N)N1C(=O)c2ccccc2C1=O. The first-order valence-corrected chi connectivity index (χ1v) is 5.57. The number of carbonyl (C=O) groups is 2. The maximum atomic E-state index is 12.0. The van der Waals surface area contributed by atoms with Gasteiger partial charge in [0.25, 0.3) is 11.8 Å². The lowest BCUT2D eigenvalue weighted by atomic mass is 10.1. The Bertz CT molecular complexity index is 481. The van der Waals surface area contributed by atoms with E-state index in [4.69, 9.17) is 5.26 Å². The lowest BCUT2D eigenvalue weighted by Gasteiger charge is -2.19. The van der Waals surface area contributed by atoms with E-state index < -0.39 is 6.04 Å². The zero-order chi connectivity index (χ0) is 12.4. The van der Waals surface area contributed by atoms with E-state index in [1.54, 1.807) is 24.3 Å². The number of nitriles is 1. The molecule has 2 amide bonds. The summed E-state index contributed by atoms with van der Waals surface area (Å²) in [5.74, 6) is -0.712. The molecule has 0 fully saturated rings. The molecule has 4 heteroatoms. The minimum absolute atomic E-state index is 0.356. The third-order valence-corrected chi connectivity index (χ3v) is 2.85. The van der Waals surface area contributed by atoms with Crippen LogP contribution < -0.4 is 0 Å². The van der Waals surface area contributed by atoms with Gasteiger partial charge in [0.05, 0.1) is 17.2 Å². The number of rotatable bonds is 3. The summed E-state index contributed by atoms with van der Waals surface area (Å²) in [4.78, 5) is 25.2. The molecule has 4 nitrogen and oxygen atoms in total. The number of nitrogens with zero attached hydrogens (tertiary/aromatic N) is 2. The Morgan fingerprint density at radius 3 is 2.18 bits per heavy atom. The monoisotopic (exact) mass is 228 g/mol. The first-order valence-electron chi connectivity index (χ1n) is 5.57. The van der Waals surface area contributed by atoms with Crippen LogP contribution in [0.2, 0.25) is 0 Å². The summed E-state index contributed by atoms with van der Waals surface area (Å²) in [6.07, 6.45) is 1.27. The zero-order valence-electron chi connectivity index (χ0n) is 9.51. The number of hydrogen-bond acceptors (Lipinski definition) is 3. The number of hydrogen-bond donors (Lipinski definition) is 0. The maximum absolute atomic E-state index is 12.0. The molecular formula is C13H12N2O2. The Hall–Kier alpha value is -2.15. The Balaban J connectivity index is 2.39. The third kappa shape index (κ3) is 1.70. The van der Waals surface area contributed by atoms with E-state index in [1.807, 2.05) is 13.0 Å². The van der Waals surface area contributed by atoms with Crippen LogP contribution in [0.4, 0.5) is 0 Å². The molecule has 0 radical (unpaired) electrons. The van der Waals surface area contributed by atoms with Gasteiger partial charge in [-0.3, -0.25) is 14.5 Å². The zero-order valence-corrected chi connectivity index (χ0v) is 9.51. The molecule has 0 aromatic heterocycles.